The van der Waals surface area contributed by atoms with Gasteiger partial charge in [0, 0.05) is 7.05 Å². The molecule has 1 aliphatic heterocycles. The number of amidine groups is 1. The number of carbonyl (C=O) groups is 2. The standard InChI is InChI=1S/C21H14Cl2N2O4S/c1-3-8-29-18-15(22)9-12(10-16(18)23)11-17-19(26)25(2)21(30-17)24-14-6-4-13(5-7-14)20(27)28/h1,4-7,9-11H,8H2,2H3,(H,27,28). The van der Waals surface area contributed by atoms with E-state index in [2.05, 4.69) is 10.9 Å². The molecule has 0 radical (unpaired) electrons. The van der Waals surface area contributed by atoms with E-state index in [1.807, 2.05) is 0 Å². The van der Waals surface area contributed by atoms with E-state index < -0.39 is 5.97 Å². The lowest BCUT2D eigenvalue weighted by atomic mass is 10.2. The van der Waals surface area contributed by atoms with Crippen LogP contribution in [0, 0.1) is 12.3 Å². The number of hydrogen-bond acceptors (Lipinski definition) is 5. The van der Waals surface area contributed by atoms with Crippen LogP contribution >= 0.6 is 35.0 Å². The molecule has 0 unspecified atom stereocenters. The maximum absolute atomic E-state index is 12.6. The minimum atomic E-state index is -1.02. The summed E-state index contributed by atoms with van der Waals surface area (Å²) in [6.07, 6.45) is 6.83. The Labute approximate surface area is 187 Å². The third-order valence-electron chi connectivity index (χ3n) is 3.96. The molecule has 1 amide bonds. The van der Waals surface area contributed by atoms with Crippen molar-refractivity contribution in [2.45, 2.75) is 0 Å². The summed E-state index contributed by atoms with van der Waals surface area (Å²) in [5.41, 5.74) is 1.31. The number of terminal acetylenes is 1. The molecular weight excluding hydrogens is 447 g/mol. The third-order valence-corrected chi connectivity index (χ3v) is 5.58. The molecule has 152 valence electrons. The molecule has 3 rings (SSSR count). The van der Waals surface area contributed by atoms with Crippen molar-refractivity contribution in [1.29, 1.82) is 0 Å². The molecule has 0 saturated carbocycles. The topological polar surface area (TPSA) is 79.2 Å². The molecule has 1 aliphatic rings. The van der Waals surface area contributed by atoms with E-state index in [0.29, 0.717) is 21.3 Å². The van der Waals surface area contributed by atoms with E-state index in [9.17, 15) is 9.59 Å². The van der Waals surface area contributed by atoms with Crippen LogP contribution in [0.25, 0.3) is 6.08 Å². The first-order valence-corrected chi connectivity index (χ1v) is 10.0. The summed E-state index contributed by atoms with van der Waals surface area (Å²) in [5.74, 6) is 1.37. The summed E-state index contributed by atoms with van der Waals surface area (Å²) in [4.78, 5) is 29.8. The third kappa shape index (κ3) is 4.79. The van der Waals surface area contributed by atoms with Gasteiger partial charge in [-0.1, -0.05) is 29.1 Å². The number of nitrogens with zero attached hydrogens (tertiary/aromatic N) is 2. The fourth-order valence-electron chi connectivity index (χ4n) is 2.51. The van der Waals surface area contributed by atoms with E-state index in [1.54, 1.807) is 37.4 Å². The minimum absolute atomic E-state index is 0.0340. The van der Waals surface area contributed by atoms with Crippen LogP contribution < -0.4 is 4.74 Å². The van der Waals surface area contributed by atoms with Crippen LogP contribution in [-0.2, 0) is 4.79 Å². The molecule has 0 atom stereocenters. The molecule has 1 N–H and O–H groups in total. The first-order valence-electron chi connectivity index (χ1n) is 8.45. The van der Waals surface area contributed by atoms with Gasteiger partial charge in [0.1, 0.15) is 6.61 Å². The number of benzene rings is 2. The number of carboxylic acids is 1. The van der Waals surface area contributed by atoms with E-state index >= 15 is 0 Å². The van der Waals surface area contributed by atoms with Crippen molar-refractivity contribution < 1.29 is 19.4 Å². The number of aromatic carboxylic acids is 1. The van der Waals surface area contributed by atoms with Crippen molar-refractivity contribution in [2.75, 3.05) is 13.7 Å². The van der Waals surface area contributed by atoms with Gasteiger partial charge in [0.15, 0.2) is 10.9 Å². The average molecular weight is 461 g/mol. The molecule has 1 saturated heterocycles. The molecule has 2 aromatic rings. The van der Waals surface area contributed by atoms with Crippen molar-refractivity contribution in [2.24, 2.45) is 4.99 Å². The summed E-state index contributed by atoms with van der Waals surface area (Å²) >= 11 is 13.6. The Morgan fingerprint density at radius 1 is 1.30 bits per heavy atom. The Hall–Kier alpha value is -2.92. The van der Waals surface area contributed by atoms with Gasteiger partial charge in [0.2, 0.25) is 0 Å². The van der Waals surface area contributed by atoms with E-state index in [1.165, 1.54) is 28.8 Å². The van der Waals surface area contributed by atoms with Gasteiger partial charge in [0.25, 0.3) is 5.91 Å². The molecule has 30 heavy (non-hydrogen) atoms. The molecule has 1 fully saturated rings. The number of carboxylic acid groups (broad SMARTS) is 1. The fraction of sp³-hybridized carbons (Fsp3) is 0.0952. The van der Waals surface area contributed by atoms with E-state index in [4.69, 9.17) is 39.5 Å². The second-order valence-corrected chi connectivity index (χ2v) is 7.85. The number of aliphatic imine (C=N–C) groups is 1. The van der Waals surface area contributed by atoms with Crippen molar-refractivity contribution >= 4 is 63.8 Å². The zero-order valence-corrected chi connectivity index (χ0v) is 17.9. The molecule has 0 spiro atoms. The number of ether oxygens (including phenoxy) is 1. The van der Waals surface area contributed by atoms with Crippen molar-refractivity contribution in [1.82, 2.24) is 4.90 Å². The molecule has 9 heteroatoms. The van der Waals surface area contributed by atoms with E-state index in [-0.39, 0.29) is 33.9 Å². The lowest BCUT2D eigenvalue weighted by Crippen LogP contribution is -2.23. The van der Waals surface area contributed by atoms with Crippen LogP contribution in [0.4, 0.5) is 5.69 Å². The van der Waals surface area contributed by atoms with Crippen LogP contribution in [0.5, 0.6) is 5.75 Å². The van der Waals surface area contributed by atoms with Crippen LogP contribution in [0.3, 0.4) is 0 Å². The van der Waals surface area contributed by atoms with Gasteiger partial charge < -0.3 is 9.84 Å². The first-order chi connectivity index (χ1) is 14.3. The maximum Gasteiger partial charge on any atom is 0.335 e. The van der Waals surface area contributed by atoms with Crippen molar-refractivity contribution in [3.8, 4) is 18.1 Å². The highest BCUT2D eigenvalue weighted by molar-refractivity contribution is 8.18. The Morgan fingerprint density at radius 3 is 2.50 bits per heavy atom. The maximum atomic E-state index is 12.6. The van der Waals surface area contributed by atoms with Gasteiger partial charge in [-0.3, -0.25) is 9.69 Å². The highest BCUT2D eigenvalue weighted by Gasteiger charge is 2.30. The molecule has 0 aliphatic carbocycles. The second-order valence-electron chi connectivity index (χ2n) is 6.03. The summed E-state index contributed by atoms with van der Waals surface area (Å²) in [5, 5.41) is 9.99. The summed E-state index contributed by atoms with van der Waals surface area (Å²) < 4.78 is 5.33. The second kappa shape index (κ2) is 9.26. The average Bonchev–Trinajstić information content (AvgIpc) is 2.95. The van der Waals surface area contributed by atoms with Gasteiger partial charge in [0.05, 0.1) is 26.2 Å². The van der Waals surface area contributed by atoms with Crippen LogP contribution in [0.2, 0.25) is 10.0 Å². The minimum Gasteiger partial charge on any atom is -0.478 e. The zero-order chi connectivity index (χ0) is 21.8. The van der Waals surface area contributed by atoms with Crippen LogP contribution in [-0.4, -0.2) is 40.7 Å². The highest BCUT2D eigenvalue weighted by Crippen LogP contribution is 2.37. The number of carbonyl (C=O) groups excluding carboxylic acids is 1. The summed E-state index contributed by atoms with van der Waals surface area (Å²) in [7, 11) is 1.61. The first kappa shape index (κ1) is 21.8. The summed E-state index contributed by atoms with van der Waals surface area (Å²) in [6, 6.07) is 9.30. The monoisotopic (exact) mass is 460 g/mol. The normalized spacial score (nSPS) is 16.2. The Bertz CT molecular complexity index is 1100. The number of rotatable bonds is 5. The fourth-order valence-corrected chi connectivity index (χ4v) is 4.11. The summed E-state index contributed by atoms with van der Waals surface area (Å²) in [6.45, 7) is 0.0340. The van der Waals surface area contributed by atoms with Crippen LogP contribution in [0.1, 0.15) is 15.9 Å². The lowest BCUT2D eigenvalue weighted by Gasteiger charge is -2.08. The molecule has 0 aromatic heterocycles. The lowest BCUT2D eigenvalue weighted by molar-refractivity contribution is -0.121. The number of thioether (sulfide) groups is 1. The van der Waals surface area contributed by atoms with E-state index in [0.717, 1.165) is 0 Å². The zero-order valence-electron chi connectivity index (χ0n) is 15.6. The molecule has 2 aromatic carbocycles. The quantitative estimate of drug-likeness (QED) is 0.504. The Balaban J connectivity index is 1.86. The number of amides is 1. The predicted octanol–water partition coefficient (Wildman–Crippen LogP) is 4.94. The predicted molar refractivity (Wildman–Crippen MR) is 120 cm³/mol. The van der Waals surface area contributed by atoms with Gasteiger partial charge in [-0.15, -0.1) is 6.42 Å². The Morgan fingerprint density at radius 2 is 1.93 bits per heavy atom. The Kier molecular flexibility index (Phi) is 6.73. The van der Waals surface area contributed by atoms with Crippen molar-refractivity contribution in [3.05, 3.63) is 62.5 Å². The molecular formula is C21H14Cl2N2O4S. The largest absolute Gasteiger partial charge is 0.478 e. The van der Waals surface area contributed by atoms with Gasteiger partial charge in [-0.2, -0.15) is 0 Å². The molecule has 0 bridgehead atoms. The smallest absolute Gasteiger partial charge is 0.335 e. The number of halogens is 2. The van der Waals surface area contributed by atoms with Crippen molar-refractivity contribution in [3.63, 3.8) is 0 Å². The van der Waals surface area contributed by atoms with Gasteiger partial charge in [-0.05, 0) is 59.8 Å². The SMILES string of the molecule is C#CCOc1c(Cl)cc(C=C2SC(=Nc3ccc(C(=O)O)cc3)N(C)C2=O)cc1Cl. The highest BCUT2D eigenvalue weighted by atomic mass is 35.5. The van der Waals surface area contributed by atoms with Gasteiger partial charge in [-0.25, -0.2) is 9.79 Å². The van der Waals surface area contributed by atoms with Crippen LogP contribution in [0.15, 0.2) is 46.3 Å². The van der Waals surface area contributed by atoms with Gasteiger partial charge >= 0.3 is 5.97 Å². The molecule has 6 nitrogen and oxygen atoms in total. The number of likely N-dealkylation sites (N-methyl/N-ethyl adjacent to an activating group) is 1. The molecule has 1 heterocycles. The number of hydrogen-bond donors (Lipinski definition) is 1.